The summed E-state index contributed by atoms with van der Waals surface area (Å²) in [4.78, 5) is 16.9. The maximum absolute atomic E-state index is 14.3. The van der Waals surface area contributed by atoms with Crippen LogP contribution in [0.4, 0.5) is 10.3 Å². The summed E-state index contributed by atoms with van der Waals surface area (Å²) in [5.74, 6) is -0.279. The zero-order chi connectivity index (χ0) is 21.8. The number of anilines is 1. The van der Waals surface area contributed by atoms with Crippen LogP contribution in [0.25, 0.3) is 11.3 Å². The molecule has 3 aromatic rings. The van der Waals surface area contributed by atoms with Crippen LogP contribution >= 0.6 is 0 Å². The van der Waals surface area contributed by atoms with E-state index in [4.69, 9.17) is 4.52 Å². The Hall–Kier alpha value is -3.15. The first-order chi connectivity index (χ1) is 14.3. The molecule has 6 heteroatoms. The third-order valence-corrected chi connectivity index (χ3v) is 5.23. The molecule has 0 N–H and O–H groups in total. The van der Waals surface area contributed by atoms with Crippen LogP contribution in [0.5, 0.6) is 0 Å². The maximum atomic E-state index is 14.3. The minimum Gasteiger partial charge on any atom is -0.341 e. The lowest BCUT2D eigenvalue weighted by Gasteiger charge is -2.29. The van der Waals surface area contributed by atoms with Crippen molar-refractivity contribution < 1.29 is 13.7 Å². The first-order valence-electron chi connectivity index (χ1n) is 10.1. The molecule has 0 spiro atoms. The van der Waals surface area contributed by atoms with Crippen molar-refractivity contribution >= 4 is 11.8 Å². The van der Waals surface area contributed by atoms with Crippen molar-refractivity contribution in [1.82, 2.24) is 10.1 Å². The van der Waals surface area contributed by atoms with Crippen LogP contribution in [0, 0.1) is 5.82 Å². The topological polar surface area (TPSA) is 49.6 Å². The smallest absolute Gasteiger partial charge is 0.257 e. The minimum absolute atomic E-state index is 0.0580. The molecule has 2 aromatic carbocycles. The fourth-order valence-corrected chi connectivity index (χ4v) is 3.23. The minimum atomic E-state index is -0.527. The highest BCUT2D eigenvalue weighted by atomic mass is 19.1. The van der Waals surface area contributed by atoms with Crippen LogP contribution in [0.15, 0.2) is 59.1 Å². The molecule has 30 heavy (non-hydrogen) atoms. The van der Waals surface area contributed by atoms with Gasteiger partial charge in [-0.05, 0) is 39.8 Å². The molecule has 0 saturated heterocycles. The molecule has 0 unspecified atom stereocenters. The number of amides is 1. The largest absolute Gasteiger partial charge is 0.341 e. The lowest BCUT2D eigenvalue weighted by molar-refractivity contribution is 0.0686. The van der Waals surface area contributed by atoms with E-state index < -0.39 is 5.82 Å². The van der Waals surface area contributed by atoms with Crippen molar-refractivity contribution in [3.63, 3.8) is 0 Å². The van der Waals surface area contributed by atoms with Crippen LogP contribution in [0.2, 0.25) is 0 Å². The number of carbonyl (C=O) groups is 1. The summed E-state index contributed by atoms with van der Waals surface area (Å²) in [6, 6.07) is 15.8. The second-order valence-corrected chi connectivity index (χ2v) is 7.89. The van der Waals surface area contributed by atoms with Crippen LogP contribution < -0.4 is 4.90 Å². The summed E-state index contributed by atoms with van der Waals surface area (Å²) in [6.07, 6.45) is 0. The zero-order valence-corrected chi connectivity index (χ0v) is 18.1. The molecule has 0 atom stereocenters. The Morgan fingerprint density at radius 1 is 1.00 bits per heavy atom. The van der Waals surface area contributed by atoms with Crippen molar-refractivity contribution in [2.75, 3.05) is 11.9 Å². The Bertz CT molecular complexity index is 999. The van der Waals surface area contributed by atoms with Gasteiger partial charge >= 0.3 is 0 Å². The predicted octanol–water partition coefficient (Wildman–Crippen LogP) is 5.38. The van der Waals surface area contributed by atoms with Gasteiger partial charge in [0.1, 0.15) is 11.5 Å². The van der Waals surface area contributed by atoms with E-state index in [0.717, 1.165) is 11.1 Å². The standard InChI is InChI=1S/C24H28FN3O2/c1-16(2)27(5)24-20(22(26-30-24)18-11-7-6-8-12-18)15-28(17(3)4)23(29)19-13-9-10-14-21(19)25/h6-14,16-17H,15H2,1-5H3. The first-order valence-corrected chi connectivity index (χ1v) is 10.1. The molecule has 1 heterocycles. The van der Waals surface area contributed by atoms with Gasteiger partial charge in [-0.3, -0.25) is 4.79 Å². The van der Waals surface area contributed by atoms with Gasteiger partial charge in [0.15, 0.2) is 0 Å². The van der Waals surface area contributed by atoms with Gasteiger partial charge in [-0.1, -0.05) is 47.6 Å². The van der Waals surface area contributed by atoms with E-state index in [1.54, 1.807) is 17.0 Å². The van der Waals surface area contributed by atoms with Crippen molar-refractivity contribution in [2.24, 2.45) is 0 Å². The molecule has 158 valence electrons. The summed E-state index contributed by atoms with van der Waals surface area (Å²) < 4.78 is 20.0. The normalized spacial score (nSPS) is 11.2. The van der Waals surface area contributed by atoms with Crippen LogP contribution in [-0.4, -0.2) is 35.1 Å². The Morgan fingerprint density at radius 3 is 2.23 bits per heavy atom. The van der Waals surface area contributed by atoms with Gasteiger partial charge in [-0.15, -0.1) is 0 Å². The molecule has 3 rings (SSSR count). The maximum Gasteiger partial charge on any atom is 0.257 e. The third kappa shape index (κ3) is 4.37. The van der Waals surface area contributed by atoms with Crippen LogP contribution in [-0.2, 0) is 6.54 Å². The molecule has 0 aliphatic carbocycles. The molecule has 0 saturated carbocycles. The summed E-state index contributed by atoms with van der Waals surface area (Å²) in [6.45, 7) is 8.20. The van der Waals surface area contributed by atoms with Crippen molar-refractivity contribution in [3.05, 3.63) is 71.5 Å². The van der Waals surface area contributed by atoms with Gasteiger partial charge in [-0.25, -0.2) is 4.39 Å². The average Bonchev–Trinajstić information content (AvgIpc) is 3.15. The Morgan fingerprint density at radius 2 is 1.63 bits per heavy atom. The lowest BCUT2D eigenvalue weighted by atomic mass is 10.0. The summed E-state index contributed by atoms with van der Waals surface area (Å²) in [7, 11) is 1.93. The van der Waals surface area contributed by atoms with Crippen molar-refractivity contribution in [1.29, 1.82) is 0 Å². The molecule has 0 bridgehead atoms. The monoisotopic (exact) mass is 409 g/mol. The van der Waals surface area contributed by atoms with E-state index in [1.165, 1.54) is 12.1 Å². The average molecular weight is 410 g/mol. The molecule has 0 fully saturated rings. The molecule has 1 amide bonds. The number of hydrogen-bond donors (Lipinski definition) is 0. The molecule has 5 nitrogen and oxygen atoms in total. The number of carbonyl (C=O) groups excluding carboxylic acids is 1. The summed E-state index contributed by atoms with van der Waals surface area (Å²) in [5.41, 5.74) is 2.45. The van der Waals surface area contributed by atoms with Crippen molar-refractivity contribution in [2.45, 2.75) is 46.3 Å². The van der Waals surface area contributed by atoms with E-state index in [1.807, 2.05) is 56.1 Å². The Labute approximate surface area is 177 Å². The molecule has 0 radical (unpaired) electrons. The number of nitrogens with zero attached hydrogens (tertiary/aromatic N) is 3. The zero-order valence-electron chi connectivity index (χ0n) is 18.1. The third-order valence-electron chi connectivity index (χ3n) is 5.23. The summed E-state index contributed by atoms with van der Waals surface area (Å²) in [5, 5.41) is 4.32. The fourth-order valence-electron chi connectivity index (χ4n) is 3.23. The second-order valence-electron chi connectivity index (χ2n) is 7.89. The quantitative estimate of drug-likeness (QED) is 0.526. The van der Waals surface area contributed by atoms with Gasteiger partial charge in [0, 0.05) is 24.7 Å². The number of benzene rings is 2. The van der Waals surface area contributed by atoms with Gasteiger partial charge in [0.05, 0.1) is 17.7 Å². The van der Waals surface area contributed by atoms with Gasteiger partial charge in [0.25, 0.3) is 5.91 Å². The van der Waals surface area contributed by atoms with Crippen molar-refractivity contribution in [3.8, 4) is 11.3 Å². The molecule has 0 aliphatic rings. The van der Waals surface area contributed by atoms with E-state index in [9.17, 15) is 9.18 Å². The predicted molar refractivity (Wildman–Crippen MR) is 117 cm³/mol. The Kier molecular flexibility index (Phi) is 6.55. The highest BCUT2D eigenvalue weighted by Gasteiger charge is 2.28. The van der Waals surface area contributed by atoms with Crippen LogP contribution in [0.3, 0.4) is 0 Å². The number of rotatable bonds is 7. The molecule has 1 aromatic heterocycles. The van der Waals surface area contributed by atoms with Gasteiger partial charge < -0.3 is 14.3 Å². The molecular formula is C24H28FN3O2. The van der Waals surface area contributed by atoms with E-state index in [0.29, 0.717) is 11.6 Å². The number of aromatic nitrogens is 1. The van der Waals surface area contributed by atoms with Gasteiger partial charge in [-0.2, -0.15) is 0 Å². The fraction of sp³-hybridized carbons (Fsp3) is 0.333. The highest BCUT2D eigenvalue weighted by molar-refractivity contribution is 5.94. The number of halogens is 1. The van der Waals surface area contributed by atoms with E-state index in [2.05, 4.69) is 19.0 Å². The molecule has 0 aliphatic heterocycles. The Balaban J connectivity index is 2.06. The van der Waals surface area contributed by atoms with Crippen LogP contribution in [0.1, 0.15) is 43.6 Å². The van der Waals surface area contributed by atoms with E-state index >= 15 is 0 Å². The number of hydrogen-bond acceptors (Lipinski definition) is 4. The summed E-state index contributed by atoms with van der Waals surface area (Å²) >= 11 is 0. The SMILES string of the molecule is CC(C)N(Cc1c(-c2ccccc2)noc1N(C)C(C)C)C(=O)c1ccccc1F. The first kappa shape index (κ1) is 21.6. The van der Waals surface area contributed by atoms with E-state index in [-0.39, 0.29) is 30.1 Å². The van der Waals surface area contributed by atoms with Gasteiger partial charge in [0.2, 0.25) is 5.88 Å². The highest BCUT2D eigenvalue weighted by Crippen LogP contribution is 2.33. The lowest BCUT2D eigenvalue weighted by Crippen LogP contribution is -2.37. The molecular weight excluding hydrogens is 381 g/mol. The second kappa shape index (κ2) is 9.11.